The molecule has 0 unspecified atom stereocenters. The molecule has 42 heavy (non-hydrogen) atoms. The molecular weight excluding hydrogens is 512 g/mol. The average molecular weight is 539 g/mol. The second-order valence-electron chi connectivity index (χ2n) is 10.5. The number of hydrogen-bond acceptors (Lipinski definition) is 2. The van der Waals surface area contributed by atoms with Gasteiger partial charge in [-0.1, -0.05) is 133 Å². The topological polar surface area (TPSA) is 18.5 Å². The second kappa shape index (κ2) is 10.1. The average Bonchev–Trinajstić information content (AvgIpc) is 3.05. The van der Waals surface area contributed by atoms with Gasteiger partial charge in [0.05, 0.1) is 0 Å². The maximum atomic E-state index is 6.85. The van der Waals surface area contributed by atoms with Crippen LogP contribution in [-0.2, 0) is 0 Å². The fraction of sp³-hybridized carbons (Fsp3) is 0. The molecule has 0 spiro atoms. The highest BCUT2D eigenvalue weighted by atomic mass is 16.5. The smallest absolute Gasteiger partial charge is 0.136 e. The quantitative estimate of drug-likeness (QED) is 0.217. The zero-order chi connectivity index (χ0) is 27.9. The van der Waals surface area contributed by atoms with E-state index in [9.17, 15) is 0 Å². The van der Waals surface area contributed by atoms with E-state index in [2.05, 4.69) is 133 Å². The van der Waals surface area contributed by atoms with E-state index in [0.29, 0.717) is 0 Å². The van der Waals surface area contributed by atoms with Gasteiger partial charge in [-0.25, -0.2) is 0 Å². The largest absolute Gasteiger partial charge is 0.456 e. The molecule has 2 heteroatoms. The number of hydrogen-bond donors (Lipinski definition) is 0. The summed E-state index contributed by atoms with van der Waals surface area (Å²) < 4.78 is 13.7. The molecule has 0 aliphatic carbocycles. The van der Waals surface area contributed by atoms with Crippen molar-refractivity contribution in [2.75, 3.05) is 0 Å². The lowest BCUT2D eigenvalue weighted by Gasteiger charge is -2.20. The molecule has 2 nitrogen and oxygen atoms in total. The van der Waals surface area contributed by atoms with Gasteiger partial charge in [0.15, 0.2) is 0 Å². The van der Waals surface area contributed by atoms with Crippen LogP contribution in [0.4, 0.5) is 0 Å². The highest BCUT2D eigenvalue weighted by Crippen LogP contribution is 2.48. The summed E-state index contributed by atoms with van der Waals surface area (Å²) in [5, 5.41) is 8.92. The molecule has 0 fully saturated rings. The monoisotopic (exact) mass is 538 g/mol. The Labute approximate surface area is 244 Å². The van der Waals surface area contributed by atoms with Gasteiger partial charge in [0, 0.05) is 21.9 Å². The molecule has 0 heterocycles. The molecule has 0 atom stereocenters. The number of ether oxygens (including phenoxy) is 2. The molecule has 0 N–H and O–H groups in total. The van der Waals surface area contributed by atoms with Crippen molar-refractivity contribution in [3.05, 3.63) is 158 Å². The van der Waals surface area contributed by atoms with E-state index in [-0.39, 0.29) is 0 Å². The Hall–Kier alpha value is -5.60. The SMILES string of the molecule is c1ccc2c(Oc3ccc4ccccc4c3-c3c(Oc4cccc5ccccc45)ccc4ccccc34)cccc2c1. The van der Waals surface area contributed by atoms with Crippen molar-refractivity contribution < 1.29 is 9.47 Å². The molecule has 8 rings (SSSR count). The predicted octanol–water partition coefficient (Wildman–Crippen LogP) is 11.6. The lowest BCUT2D eigenvalue weighted by atomic mass is 9.92. The van der Waals surface area contributed by atoms with Crippen LogP contribution in [0.5, 0.6) is 23.0 Å². The second-order valence-corrected chi connectivity index (χ2v) is 10.5. The third-order valence-electron chi connectivity index (χ3n) is 7.97. The Morgan fingerprint density at radius 3 is 1.00 bits per heavy atom. The van der Waals surface area contributed by atoms with Gasteiger partial charge in [-0.2, -0.15) is 0 Å². The first-order valence-corrected chi connectivity index (χ1v) is 14.2. The summed E-state index contributed by atoms with van der Waals surface area (Å²) in [7, 11) is 0. The van der Waals surface area contributed by atoms with E-state index in [1.165, 1.54) is 0 Å². The summed E-state index contributed by atoms with van der Waals surface area (Å²) in [6.07, 6.45) is 0. The third kappa shape index (κ3) is 4.13. The number of benzene rings is 8. The Morgan fingerprint density at radius 2 is 0.571 bits per heavy atom. The van der Waals surface area contributed by atoms with Gasteiger partial charge in [0.1, 0.15) is 23.0 Å². The predicted molar refractivity (Wildman–Crippen MR) is 175 cm³/mol. The standard InChI is InChI=1S/C40H26O2/c1-5-17-31-27(11-1)15-9-21-35(31)41-37-25-23-29-13-3-7-19-33(29)39(37)40-34-20-8-4-14-30(34)24-26-38(40)42-36-22-10-16-28-12-2-6-18-32(28)36/h1-26H. The normalized spacial score (nSPS) is 11.3. The zero-order valence-electron chi connectivity index (χ0n) is 22.8. The molecule has 0 saturated heterocycles. The zero-order valence-corrected chi connectivity index (χ0v) is 22.8. The van der Waals surface area contributed by atoms with E-state index in [1.54, 1.807) is 0 Å². The molecular formula is C40H26O2. The third-order valence-corrected chi connectivity index (χ3v) is 7.97. The van der Waals surface area contributed by atoms with Crippen LogP contribution in [0.15, 0.2) is 158 Å². The van der Waals surface area contributed by atoms with Crippen molar-refractivity contribution in [3.8, 4) is 34.1 Å². The maximum Gasteiger partial charge on any atom is 0.136 e. The van der Waals surface area contributed by atoms with Gasteiger partial charge in [-0.05, 0) is 56.6 Å². The molecule has 0 aliphatic heterocycles. The van der Waals surface area contributed by atoms with Crippen LogP contribution in [0.3, 0.4) is 0 Å². The van der Waals surface area contributed by atoms with Crippen molar-refractivity contribution in [1.82, 2.24) is 0 Å². The van der Waals surface area contributed by atoms with Crippen LogP contribution in [0, 0.1) is 0 Å². The first-order chi connectivity index (χ1) is 20.8. The van der Waals surface area contributed by atoms with Crippen LogP contribution in [0.25, 0.3) is 54.2 Å². The van der Waals surface area contributed by atoms with Crippen molar-refractivity contribution in [3.63, 3.8) is 0 Å². The summed E-state index contributed by atoms with van der Waals surface area (Å²) in [5.41, 5.74) is 2.01. The van der Waals surface area contributed by atoms with Crippen LogP contribution in [0.1, 0.15) is 0 Å². The fourth-order valence-corrected chi connectivity index (χ4v) is 6.00. The Bertz CT molecular complexity index is 2090. The molecule has 0 amide bonds. The van der Waals surface area contributed by atoms with Gasteiger partial charge in [0.25, 0.3) is 0 Å². The van der Waals surface area contributed by atoms with Gasteiger partial charge in [0.2, 0.25) is 0 Å². The minimum atomic E-state index is 0.782. The Balaban J connectivity index is 1.41. The molecule has 0 radical (unpaired) electrons. The molecule has 0 saturated carbocycles. The summed E-state index contributed by atoms with van der Waals surface area (Å²) in [5.74, 6) is 3.20. The van der Waals surface area contributed by atoms with Crippen molar-refractivity contribution in [1.29, 1.82) is 0 Å². The summed E-state index contributed by atoms with van der Waals surface area (Å²) in [6, 6.07) is 54.5. The van der Waals surface area contributed by atoms with E-state index in [1.807, 2.05) is 24.3 Å². The van der Waals surface area contributed by atoms with Crippen molar-refractivity contribution in [2.24, 2.45) is 0 Å². The molecule has 198 valence electrons. The first kappa shape index (κ1) is 24.2. The van der Waals surface area contributed by atoms with Gasteiger partial charge in [-0.3, -0.25) is 0 Å². The van der Waals surface area contributed by atoms with Crippen LogP contribution in [0.2, 0.25) is 0 Å². The Kier molecular flexibility index (Phi) is 5.82. The van der Waals surface area contributed by atoms with Gasteiger partial charge < -0.3 is 9.47 Å². The van der Waals surface area contributed by atoms with Crippen LogP contribution in [-0.4, -0.2) is 0 Å². The highest BCUT2D eigenvalue weighted by Gasteiger charge is 2.21. The minimum Gasteiger partial charge on any atom is -0.456 e. The molecule has 0 aliphatic rings. The molecule has 0 bridgehead atoms. The van der Waals surface area contributed by atoms with Crippen molar-refractivity contribution in [2.45, 2.75) is 0 Å². The lowest BCUT2D eigenvalue weighted by molar-refractivity contribution is 0.484. The summed E-state index contributed by atoms with van der Waals surface area (Å²) in [4.78, 5) is 0. The number of fused-ring (bicyclic) bond motifs is 4. The van der Waals surface area contributed by atoms with Crippen LogP contribution >= 0.6 is 0 Å². The van der Waals surface area contributed by atoms with Gasteiger partial charge >= 0.3 is 0 Å². The van der Waals surface area contributed by atoms with E-state index < -0.39 is 0 Å². The lowest BCUT2D eigenvalue weighted by Crippen LogP contribution is -1.95. The minimum absolute atomic E-state index is 0.782. The highest BCUT2D eigenvalue weighted by molar-refractivity contribution is 6.10. The number of rotatable bonds is 5. The molecule has 8 aromatic rings. The van der Waals surface area contributed by atoms with E-state index in [4.69, 9.17) is 9.47 Å². The first-order valence-electron chi connectivity index (χ1n) is 14.2. The van der Waals surface area contributed by atoms with Crippen molar-refractivity contribution >= 4 is 43.1 Å². The molecule has 8 aromatic carbocycles. The molecule has 0 aromatic heterocycles. The fourth-order valence-electron chi connectivity index (χ4n) is 6.00. The Morgan fingerprint density at radius 1 is 0.238 bits per heavy atom. The van der Waals surface area contributed by atoms with E-state index in [0.717, 1.165) is 77.2 Å². The summed E-state index contributed by atoms with van der Waals surface area (Å²) in [6.45, 7) is 0. The van der Waals surface area contributed by atoms with E-state index >= 15 is 0 Å². The summed E-state index contributed by atoms with van der Waals surface area (Å²) >= 11 is 0. The van der Waals surface area contributed by atoms with Crippen LogP contribution < -0.4 is 9.47 Å². The van der Waals surface area contributed by atoms with Gasteiger partial charge in [-0.15, -0.1) is 0 Å². The maximum absolute atomic E-state index is 6.85.